The molecule has 3 aromatic rings. The van der Waals surface area contributed by atoms with Crippen LogP contribution in [0.2, 0.25) is 0 Å². The van der Waals surface area contributed by atoms with E-state index in [4.69, 9.17) is 11.6 Å². The lowest BCUT2D eigenvalue weighted by molar-refractivity contribution is 0.0551. The summed E-state index contributed by atoms with van der Waals surface area (Å²) in [6.45, 7) is 1.67. The maximum absolute atomic E-state index is 13.0. The van der Waals surface area contributed by atoms with E-state index in [9.17, 15) is 17.8 Å². The highest BCUT2D eigenvalue weighted by Gasteiger charge is 2.35. The van der Waals surface area contributed by atoms with Crippen molar-refractivity contribution < 1.29 is 22.3 Å². The normalized spacial score (nSPS) is 14.3. The van der Waals surface area contributed by atoms with Crippen molar-refractivity contribution in [3.63, 3.8) is 0 Å². The molecule has 3 rings (SSSR count). The van der Waals surface area contributed by atoms with Crippen molar-refractivity contribution in [2.24, 2.45) is 4.36 Å². The molecule has 0 aromatic carbocycles. The summed E-state index contributed by atoms with van der Waals surface area (Å²) in [5, 5.41) is -0.317. The Hall–Kier alpha value is -2.40. The Kier molecular flexibility index (Phi) is 4.53. The number of pyridine rings is 1. The molecule has 0 aliphatic carbocycles. The zero-order valence-electron chi connectivity index (χ0n) is 13.5. The number of fused-ring (bicyclic) bond motifs is 1. The van der Waals surface area contributed by atoms with E-state index in [1.807, 2.05) is 0 Å². The van der Waals surface area contributed by atoms with E-state index in [-0.39, 0.29) is 17.3 Å². The van der Waals surface area contributed by atoms with Gasteiger partial charge >= 0.3 is 17.2 Å². The maximum Gasteiger partial charge on any atom is 0.400 e. The van der Waals surface area contributed by atoms with Crippen LogP contribution >= 0.6 is 11.6 Å². The number of carbonyl (C=O) groups is 1. The highest BCUT2D eigenvalue weighted by atomic mass is 35.5. The fourth-order valence-electron chi connectivity index (χ4n) is 1.97. The monoisotopic (exact) mass is 403 g/mol. The lowest BCUT2D eigenvalue weighted by Crippen LogP contribution is -2.05. The summed E-state index contributed by atoms with van der Waals surface area (Å²) in [5.74, 6) is -1.59. The van der Waals surface area contributed by atoms with Crippen LogP contribution in [-0.2, 0) is 15.1 Å². The van der Waals surface area contributed by atoms with Gasteiger partial charge in [-0.3, -0.25) is 4.79 Å². The predicted molar refractivity (Wildman–Crippen MR) is 89.6 cm³/mol. The van der Waals surface area contributed by atoms with E-state index >= 15 is 0 Å². The van der Waals surface area contributed by atoms with Crippen LogP contribution in [-0.4, -0.2) is 41.7 Å². The van der Waals surface area contributed by atoms with E-state index in [0.717, 1.165) is 0 Å². The molecule has 3 aromatic heterocycles. The molecule has 1 atom stereocenters. The number of hydrogen-bond donors (Lipinski definition) is 0. The minimum absolute atomic E-state index is 0.00580. The summed E-state index contributed by atoms with van der Waals surface area (Å²) in [4.78, 5) is 19.7. The summed E-state index contributed by atoms with van der Waals surface area (Å²) in [6, 6.07) is 3.00. The molecular weight excluding hydrogens is 392 g/mol. The molecule has 1 unspecified atom stereocenters. The van der Waals surface area contributed by atoms with Crippen LogP contribution in [0.15, 0.2) is 33.4 Å². The average Bonchev–Trinajstić information content (AvgIpc) is 3.20. The Morgan fingerprint density at radius 3 is 2.81 bits per heavy atom. The maximum atomic E-state index is 13.0. The number of amides is 1. The van der Waals surface area contributed by atoms with E-state index in [1.54, 1.807) is 6.92 Å². The topological polar surface area (TPSA) is 103 Å². The zero-order valence-corrected chi connectivity index (χ0v) is 15.1. The van der Waals surface area contributed by atoms with E-state index < -0.39 is 26.9 Å². The first-order chi connectivity index (χ1) is 12.1. The first-order valence-electron chi connectivity index (χ1n) is 7.23. The number of rotatable bonds is 4. The second-order valence-corrected chi connectivity index (χ2v) is 8.53. The Labute approximate surface area is 151 Å². The Morgan fingerprint density at radius 1 is 1.46 bits per heavy atom. The number of hydrogen-bond acceptors (Lipinski definition) is 6. The highest BCUT2D eigenvalue weighted by Crippen LogP contribution is 2.32. The minimum Gasteiger partial charge on any atom is -0.331 e. The Morgan fingerprint density at radius 2 is 2.19 bits per heavy atom. The third-order valence-electron chi connectivity index (χ3n) is 3.42. The second kappa shape index (κ2) is 6.40. The summed E-state index contributed by atoms with van der Waals surface area (Å²) in [6.07, 6.45) is 4.34. The average molecular weight is 404 g/mol. The number of alkyl halides is 3. The molecule has 0 bridgehead atoms. The molecular formula is C14H12ClF2N5O3S. The van der Waals surface area contributed by atoms with Crippen molar-refractivity contribution in [2.75, 3.05) is 12.0 Å². The molecule has 0 N–H and O–H groups in total. The standard InChI is InChI=1S/C14H12ClF2N5O3S/c1-3-26(2,24)21-12(23)9-7-22-5-4-8(6-10(22)18-9)11-19-13(25-20-11)14(15,16)17/h4-7H,3H2,1-2H3. The van der Waals surface area contributed by atoms with Gasteiger partial charge in [0.05, 0.1) is 9.73 Å². The van der Waals surface area contributed by atoms with Gasteiger partial charge in [-0.25, -0.2) is 9.19 Å². The third kappa shape index (κ3) is 3.73. The van der Waals surface area contributed by atoms with Crippen LogP contribution < -0.4 is 0 Å². The molecule has 26 heavy (non-hydrogen) atoms. The van der Waals surface area contributed by atoms with Crippen LogP contribution in [0.25, 0.3) is 17.0 Å². The molecule has 3 heterocycles. The van der Waals surface area contributed by atoms with Crippen molar-refractivity contribution in [2.45, 2.75) is 12.3 Å². The molecule has 0 spiro atoms. The number of aromatic nitrogens is 4. The zero-order chi connectivity index (χ0) is 19.1. The Balaban J connectivity index is 1.98. The van der Waals surface area contributed by atoms with Crippen LogP contribution in [0.5, 0.6) is 0 Å². The summed E-state index contributed by atoms with van der Waals surface area (Å²) < 4.78 is 47.5. The molecule has 0 saturated carbocycles. The molecule has 0 radical (unpaired) electrons. The van der Waals surface area contributed by atoms with Crippen molar-refractivity contribution in [3.05, 3.63) is 36.1 Å². The fraction of sp³-hybridized carbons (Fsp3) is 0.286. The number of carbonyl (C=O) groups excluding carboxylic acids is 1. The minimum atomic E-state index is -3.77. The van der Waals surface area contributed by atoms with Gasteiger partial charge in [-0.2, -0.15) is 18.1 Å². The third-order valence-corrected chi connectivity index (χ3v) is 5.20. The van der Waals surface area contributed by atoms with Crippen molar-refractivity contribution >= 4 is 32.9 Å². The lowest BCUT2D eigenvalue weighted by Gasteiger charge is -1.98. The first-order valence-corrected chi connectivity index (χ1v) is 9.70. The van der Waals surface area contributed by atoms with Crippen molar-refractivity contribution in [1.29, 1.82) is 0 Å². The van der Waals surface area contributed by atoms with Gasteiger partial charge in [0.2, 0.25) is 5.82 Å². The second-order valence-electron chi connectivity index (χ2n) is 5.37. The number of halogens is 3. The van der Waals surface area contributed by atoms with Crippen LogP contribution in [0.4, 0.5) is 8.78 Å². The lowest BCUT2D eigenvalue weighted by atomic mass is 10.2. The van der Waals surface area contributed by atoms with E-state index in [1.165, 1.54) is 35.2 Å². The fourth-order valence-corrected chi connectivity index (χ4v) is 2.62. The molecule has 138 valence electrons. The van der Waals surface area contributed by atoms with Gasteiger partial charge in [0, 0.05) is 30.0 Å². The van der Waals surface area contributed by atoms with Gasteiger partial charge in [-0.1, -0.05) is 12.1 Å². The molecule has 0 saturated heterocycles. The predicted octanol–water partition coefficient (Wildman–Crippen LogP) is 2.93. The van der Waals surface area contributed by atoms with Crippen LogP contribution in [0.1, 0.15) is 23.3 Å². The molecule has 8 nitrogen and oxygen atoms in total. The first kappa shape index (κ1) is 18.4. The summed E-state index contributed by atoms with van der Waals surface area (Å²) >= 11 is 4.84. The molecule has 1 amide bonds. The molecule has 0 aliphatic heterocycles. The van der Waals surface area contributed by atoms with Gasteiger partial charge in [0.1, 0.15) is 11.3 Å². The van der Waals surface area contributed by atoms with Gasteiger partial charge in [0.25, 0.3) is 0 Å². The largest absolute Gasteiger partial charge is 0.400 e. The molecule has 12 heteroatoms. The highest BCUT2D eigenvalue weighted by molar-refractivity contribution is 7.93. The van der Waals surface area contributed by atoms with Crippen LogP contribution in [0, 0.1) is 0 Å². The summed E-state index contributed by atoms with van der Waals surface area (Å²) in [7, 11) is -2.61. The van der Waals surface area contributed by atoms with Crippen LogP contribution in [0.3, 0.4) is 0 Å². The number of nitrogens with zero attached hydrogens (tertiary/aromatic N) is 5. The smallest absolute Gasteiger partial charge is 0.331 e. The summed E-state index contributed by atoms with van der Waals surface area (Å²) in [5.41, 5.74) is 0.665. The van der Waals surface area contributed by atoms with E-state index in [0.29, 0.717) is 11.2 Å². The molecule has 0 aliphatic rings. The SMILES string of the molecule is CCS(C)(=O)=NC(=O)c1cn2ccc(-c3noc(C(F)(F)Cl)n3)cc2n1. The van der Waals surface area contributed by atoms with Gasteiger partial charge in [-0.15, -0.1) is 0 Å². The number of imidazole rings is 1. The van der Waals surface area contributed by atoms with Crippen molar-refractivity contribution in [3.8, 4) is 11.4 Å². The van der Waals surface area contributed by atoms with Crippen molar-refractivity contribution in [1.82, 2.24) is 19.5 Å². The van der Waals surface area contributed by atoms with Gasteiger partial charge < -0.3 is 8.92 Å². The van der Waals surface area contributed by atoms with Gasteiger partial charge in [-0.05, 0) is 23.7 Å². The molecule has 0 fully saturated rings. The van der Waals surface area contributed by atoms with Gasteiger partial charge in [0.15, 0.2) is 0 Å². The Bertz CT molecular complexity index is 1110. The van der Waals surface area contributed by atoms with E-state index in [2.05, 4.69) is 24.0 Å². The quantitative estimate of drug-likeness (QED) is 0.620.